The molecule has 0 aromatic heterocycles. The third-order valence-corrected chi connectivity index (χ3v) is 7.46. The molecule has 1 amide bonds. The highest BCUT2D eigenvalue weighted by molar-refractivity contribution is 7.92. The Balaban J connectivity index is 1.88. The molecule has 1 N–H and O–H groups in total. The minimum atomic E-state index is -3.96. The van der Waals surface area contributed by atoms with Crippen molar-refractivity contribution in [3.8, 4) is 0 Å². The zero-order chi connectivity index (χ0) is 23.5. The van der Waals surface area contributed by atoms with Crippen LogP contribution in [0, 0.1) is 20.8 Å². The molecule has 168 valence electrons. The van der Waals surface area contributed by atoms with Gasteiger partial charge >= 0.3 is 0 Å². The summed E-state index contributed by atoms with van der Waals surface area (Å²) in [5.41, 5.74) is 4.57. The van der Waals surface area contributed by atoms with Crippen molar-refractivity contribution in [2.24, 2.45) is 0 Å². The van der Waals surface area contributed by atoms with Crippen LogP contribution in [0.15, 0.2) is 71.6 Å². The Labute approximate surface area is 195 Å². The van der Waals surface area contributed by atoms with Crippen LogP contribution in [0.2, 0.25) is 5.02 Å². The summed E-state index contributed by atoms with van der Waals surface area (Å²) in [5, 5.41) is 3.40. The van der Waals surface area contributed by atoms with Crippen molar-refractivity contribution in [3.05, 3.63) is 94.0 Å². The van der Waals surface area contributed by atoms with E-state index in [4.69, 9.17) is 11.6 Å². The number of halogens is 1. The standard InChI is InChI=1S/C25H27ClN2O3S/c1-17-5-13-24(14-6-17)32(30,31)28(23-11-9-22(26)10-12-23)16-25(29)27-20(4)21-8-7-18(2)19(3)15-21/h5-15,20H,16H2,1-4H3,(H,27,29). The van der Waals surface area contributed by atoms with Crippen LogP contribution in [0.25, 0.3) is 0 Å². The summed E-state index contributed by atoms with van der Waals surface area (Å²) >= 11 is 5.98. The predicted octanol–water partition coefficient (Wildman–Crippen LogP) is 5.34. The van der Waals surface area contributed by atoms with Crippen LogP contribution < -0.4 is 9.62 Å². The molecular formula is C25H27ClN2O3S. The maximum absolute atomic E-state index is 13.4. The van der Waals surface area contributed by atoms with Gasteiger partial charge in [0.05, 0.1) is 16.6 Å². The van der Waals surface area contributed by atoms with Crippen molar-refractivity contribution in [3.63, 3.8) is 0 Å². The van der Waals surface area contributed by atoms with Gasteiger partial charge in [-0.05, 0) is 80.8 Å². The van der Waals surface area contributed by atoms with Gasteiger partial charge in [0.1, 0.15) is 6.54 Å². The number of carbonyl (C=O) groups excluding carboxylic acids is 1. The predicted molar refractivity (Wildman–Crippen MR) is 130 cm³/mol. The molecule has 0 spiro atoms. The smallest absolute Gasteiger partial charge is 0.264 e. The molecule has 3 rings (SSSR count). The van der Waals surface area contributed by atoms with Crippen molar-refractivity contribution in [2.75, 3.05) is 10.8 Å². The SMILES string of the molecule is Cc1ccc(S(=O)(=O)N(CC(=O)NC(C)c2ccc(C)c(C)c2)c2ccc(Cl)cc2)cc1. The van der Waals surface area contributed by atoms with Gasteiger partial charge in [-0.3, -0.25) is 9.10 Å². The number of benzene rings is 3. The number of rotatable bonds is 7. The van der Waals surface area contributed by atoms with Gasteiger partial charge in [0, 0.05) is 5.02 Å². The Hall–Kier alpha value is -2.83. The highest BCUT2D eigenvalue weighted by Crippen LogP contribution is 2.26. The van der Waals surface area contributed by atoms with Crippen molar-refractivity contribution in [2.45, 2.75) is 38.6 Å². The second kappa shape index (κ2) is 9.76. The van der Waals surface area contributed by atoms with Gasteiger partial charge in [-0.15, -0.1) is 0 Å². The molecule has 1 atom stereocenters. The van der Waals surface area contributed by atoms with Gasteiger partial charge in [0.2, 0.25) is 5.91 Å². The third kappa shape index (κ3) is 5.50. The molecule has 0 bridgehead atoms. The minimum absolute atomic E-state index is 0.119. The number of nitrogens with zero attached hydrogens (tertiary/aromatic N) is 1. The number of aryl methyl sites for hydroxylation is 3. The zero-order valence-corrected chi connectivity index (χ0v) is 20.2. The van der Waals surface area contributed by atoms with E-state index in [0.29, 0.717) is 10.7 Å². The van der Waals surface area contributed by atoms with E-state index in [1.165, 1.54) is 5.56 Å². The molecule has 7 heteroatoms. The first-order chi connectivity index (χ1) is 15.1. The summed E-state index contributed by atoms with van der Waals surface area (Å²) in [5.74, 6) is -0.402. The first-order valence-electron chi connectivity index (χ1n) is 10.3. The second-order valence-corrected chi connectivity index (χ2v) is 10.2. The van der Waals surface area contributed by atoms with E-state index in [2.05, 4.69) is 5.32 Å². The van der Waals surface area contributed by atoms with Gasteiger partial charge in [-0.25, -0.2) is 8.42 Å². The average Bonchev–Trinajstić information content (AvgIpc) is 2.75. The summed E-state index contributed by atoms with van der Waals surface area (Å²) in [6.07, 6.45) is 0. The Morgan fingerprint density at radius 3 is 2.16 bits per heavy atom. The monoisotopic (exact) mass is 470 g/mol. The van der Waals surface area contributed by atoms with Crippen LogP contribution in [-0.4, -0.2) is 20.9 Å². The lowest BCUT2D eigenvalue weighted by atomic mass is 10.0. The van der Waals surface area contributed by atoms with Crippen molar-refractivity contribution < 1.29 is 13.2 Å². The van der Waals surface area contributed by atoms with Crippen molar-refractivity contribution in [1.82, 2.24) is 5.32 Å². The topological polar surface area (TPSA) is 66.5 Å². The maximum Gasteiger partial charge on any atom is 0.264 e. The summed E-state index contributed by atoms with van der Waals surface area (Å²) in [7, 11) is -3.96. The molecule has 5 nitrogen and oxygen atoms in total. The number of carbonyl (C=O) groups is 1. The lowest BCUT2D eigenvalue weighted by molar-refractivity contribution is -0.120. The number of anilines is 1. The molecule has 0 saturated heterocycles. The van der Waals surface area contributed by atoms with Crippen LogP contribution >= 0.6 is 11.6 Å². The highest BCUT2D eigenvalue weighted by Gasteiger charge is 2.27. The highest BCUT2D eigenvalue weighted by atomic mass is 35.5. The molecule has 3 aromatic carbocycles. The van der Waals surface area contributed by atoms with Gasteiger partial charge in [-0.1, -0.05) is 47.5 Å². The number of hydrogen-bond acceptors (Lipinski definition) is 3. The normalized spacial score (nSPS) is 12.3. The maximum atomic E-state index is 13.4. The molecule has 0 aliphatic heterocycles. The number of amides is 1. The third-order valence-electron chi connectivity index (χ3n) is 5.42. The number of sulfonamides is 1. The lowest BCUT2D eigenvalue weighted by Crippen LogP contribution is -2.41. The molecule has 0 fully saturated rings. The quantitative estimate of drug-likeness (QED) is 0.507. The van der Waals surface area contributed by atoms with Crippen LogP contribution in [0.3, 0.4) is 0 Å². The average molecular weight is 471 g/mol. The summed E-state index contributed by atoms with van der Waals surface area (Å²) in [6.45, 7) is 7.46. The zero-order valence-electron chi connectivity index (χ0n) is 18.6. The van der Waals surface area contributed by atoms with E-state index < -0.39 is 15.9 Å². The van der Waals surface area contributed by atoms with Crippen molar-refractivity contribution in [1.29, 1.82) is 0 Å². The Morgan fingerprint density at radius 2 is 1.56 bits per heavy atom. The van der Waals surface area contributed by atoms with E-state index in [9.17, 15) is 13.2 Å². The van der Waals surface area contributed by atoms with Crippen LogP contribution in [0.4, 0.5) is 5.69 Å². The first-order valence-corrected chi connectivity index (χ1v) is 12.1. The van der Waals surface area contributed by atoms with E-state index in [1.54, 1.807) is 48.5 Å². The van der Waals surface area contributed by atoms with Crippen LogP contribution in [0.5, 0.6) is 0 Å². The Morgan fingerprint density at radius 1 is 0.938 bits per heavy atom. The molecular weight excluding hydrogens is 444 g/mol. The molecule has 1 unspecified atom stereocenters. The fourth-order valence-electron chi connectivity index (χ4n) is 3.29. The number of hydrogen-bond donors (Lipinski definition) is 1. The van der Waals surface area contributed by atoms with E-state index >= 15 is 0 Å². The molecule has 0 aliphatic carbocycles. The lowest BCUT2D eigenvalue weighted by Gasteiger charge is -2.25. The van der Waals surface area contributed by atoms with Gasteiger partial charge < -0.3 is 5.32 Å². The van der Waals surface area contributed by atoms with Gasteiger partial charge in [0.25, 0.3) is 10.0 Å². The largest absolute Gasteiger partial charge is 0.348 e. The fraction of sp³-hybridized carbons (Fsp3) is 0.240. The summed E-state index contributed by atoms with van der Waals surface area (Å²) in [6, 6.07) is 18.7. The second-order valence-electron chi connectivity index (χ2n) is 7.93. The Kier molecular flexibility index (Phi) is 7.26. The molecule has 0 aliphatic rings. The number of nitrogens with one attached hydrogen (secondary N) is 1. The molecule has 0 radical (unpaired) electrons. The van der Waals surface area contributed by atoms with Crippen LogP contribution in [0.1, 0.15) is 35.2 Å². The Bertz CT molecular complexity index is 1210. The molecule has 0 saturated carbocycles. The molecule has 32 heavy (non-hydrogen) atoms. The minimum Gasteiger partial charge on any atom is -0.348 e. The summed E-state index contributed by atoms with van der Waals surface area (Å²) in [4.78, 5) is 13.0. The van der Waals surface area contributed by atoms with Crippen LogP contribution in [-0.2, 0) is 14.8 Å². The molecule has 3 aromatic rings. The first kappa shape index (κ1) is 23.8. The van der Waals surface area contributed by atoms with E-state index in [0.717, 1.165) is 21.0 Å². The summed E-state index contributed by atoms with van der Waals surface area (Å²) < 4.78 is 27.9. The van der Waals surface area contributed by atoms with Gasteiger partial charge in [-0.2, -0.15) is 0 Å². The van der Waals surface area contributed by atoms with E-state index in [-0.39, 0.29) is 17.5 Å². The molecule has 0 heterocycles. The van der Waals surface area contributed by atoms with E-state index in [1.807, 2.05) is 45.9 Å². The van der Waals surface area contributed by atoms with Crippen molar-refractivity contribution >= 4 is 33.2 Å². The fourth-order valence-corrected chi connectivity index (χ4v) is 4.84. The van der Waals surface area contributed by atoms with Gasteiger partial charge in [0.15, 0.2) is 0 Å².